The minimum absolute atomic E-state index is 0.214. The predicted octanol–water partition coefficient (Wildman–Crippen LogP) is 2.74. The number of primary amides is 1. The first-order valence-electron chi connectivity index (χ1n) is 4.31. The van der Waals surface area contributed by atoms with Crippen molar-refractivity contribution in [3.63, 3.8) is 0 Å². The molecule has 92 valence electrons. The minimum atomic E-state index is -4.80. The fourth-order valence-electron chi connectivity index (χ4n) is 1.01. The van der Waals surface area contributed by atoms with Gasteiger partial charge in [-0.15, -0.1) is 13.2 Å². The zero-order valence-corrected chi connectivity index (χ0v) is 9.05. The molecule has 0 aliphatic carbocycles. The van der Waals surface area contributed by atoms with Crippen LogP contribution in [0.5, 0.6) is 5.75 Å². The smallest absolute Gasteiger partial charge is 0.404 e. The van der Waals surface area contributed by atoms with Gasteiger partial charge in [-0.25, -0.2) is 0 Å². The third kappa shape index (κ3) is 4.78. The van der Waals surface area contributed by atoms with E-state index in [0.717, 1.165) is 12.1 Å². The molecule has 7 heteroatoms. The highest BCUT2D eigenvalue weighted by Gasteiger charge is 2.31. The Bertz CT molecular complexity index is 457. The summed E-state index contributed by atoms with van der Waals surface area (Å²) in [6.45, 7) is 0. The molecule has 0 aliphatic rings. The Morgan fingerprint density at radius 1 is 1.41 bits per heavy atom. The van der Waals surface area contributed by atoms with Crippen LogP contribution in [0.25, 0.3) is 6.08 Å². The first-order valence-corrected chi connectivity index (χ1v) is 4.68. The lowest BCUT2D eigenvalue weighted by atomic mass is 10.2. The molecule has 3 nitrogen and oxygen atoms in total. The van der Waals surface area contributed by atoms with Crippen LogP contribution in [0.15, 0.2) is 24.3 Å². The van der Waals surface area contributed by atoms with Crippen molar-refractivity contribution in [3.8, 4) is 5.75 Å². The van der Waals surface area contributed by atoms with Gasteiger partial charge in [-0.2, -0.15) is 0 Å². The number of halogens is 4. The molecule has 1 aromatic carbocycles. The normalized spacial score (nSPS) is 11.8. The third-order valence-electron chi connectivity index (χ3n) is 1.62. The second-order valence-electron chi connectivity index (χ2n) is 2.97. The van der Waals surface area contributed by atoms with E-state index in [4.69, 9.17) is 17.3 Å². The van der Waals surface area contributed by atoms with E-state index in [-0.39, 0.29) is 5.02 Å². The van der Waals surface area contributed by atoms with Crippen LogP contribution in [0.3, 0.4) is 0 Å². The van der Waals surface area contributed by atoms with E-state index in [9.17, 15) is 18.0 Å². The van der Waals surface area contributed by atoms with E-state index in [1.165, 1.54) is 18.2 Å². The standard InChI is InChI=1S/C10H7ClF3NO2/c11-7-5-6(2-4-9(15)16)1-3-8(7)17-10(12,13)14/h1-5H,(H2,15,16). The van der Waals surface area contributed by atoms with Crippen LogP contribution in [0, 0.1) is 0 Å². The molecule has 0 saturated carbocycles. The quantitative estimate of drug-likeness (QED) is 0.855. The molecule has 0 spiro atoms. The number of carbonyl (C=O) groups is 1. The van der Waals surface area contributed by atoms with Gasteiger partial charge in [0, 0.05) is 6.08 Å². The van der Waals surface area contributed by atoms with Crippen molar-refractivity contribution in [1.82, 2.24) is 0 Å². The largest absolute Gasteiger partial charge is 0.573 e. The maximum absolute atomic E-state index is 11.9. The zero-order valence-electron chi connectivity index (χ0n) is 8.29. The van der Waals surface area contributed by atoms with Crippen molar-refractivity contribution < 1.29 is 22.7 Å². The van der Waals surface area contributed by atoms with E-state index in [1.54, 1.807) is 0 Å². The van der Waals surface area contributed by atoms with E-state index in [0.29, 0.717) is 5.56 Å². The number of hydrogen-bond donors (Lipinski definition) is 1. The van der Waals surface area contributed by atoms with Gasteiger partial charge in [0.1, 0.15) is 5.75 Å². The molecule has 0 fully saturated rings. The van der Waals surface area contributed by atoms with Crippen LogP contribution in [0.2, 0.25) is 5.02 Å². The Labute approximate surface area is 99.6 Å². The van der Waals surface area contributed by atoms with Crippen LogP contribution < -0.4 is 10.5 Å². The van der Waals surface area contributed by atoms with Crippen molar-refractivity contribution in [2.75, 3.05) is 0 Å². The molecule has 0 bridgehead atoms. The number of hydrogen-bond acceptors (Lipinski definition) is 2. The summed E-state index contributed by atoms with van der Waals surface area (Å²) >= 11 is 5.58. The third-order valence-corrected chi connectivity index (χ3v) is 1.92. The number of ether oxygens (including phenoxy) is 1. The lowest BCUT2D eigenvalue weighted by molar-refractivity contribution is -0.274. The van der Waals surface area contributed by atoms with E-state index >= 15 is 0 Å². The maximum atomic E-state index is 11.9. The van der Waals surface area contributed by atoms with Crippen LogP contribution in [-0.4, -0.2) is 12.3 Å². The van der Waals surface area contributed by atoms with E-state index in [1.807, 2.05) is 0 Å². The summed E-state index contributed by atoms with van der Waals surface area (Å²) in [5.74, 6) is -1.17. The van der Waals surface area contributed by atoms with Gasteiger partial charge in [-0.05, 0) is 23.8 Å². The first-order chi connectivity index (χ1) is 7.78. The molecule has 1 rings (SSSR count). The van der Waals surface area contributed by atoms with Gasteiger partial charge in [0.15, 0.2) is 0 Å². The molecule has 2 N–H and O–H groups in total. The van der Waals surface area contributed by atoms with Crippen LogP contribution in [0.4, 0.5) is 13.2 Å². The van der Waals surface area contributed by atoms with Gasteiger partial charge in [-0.1, -0.05) is 17.7 Å². The summed E-state index contributed by atoms with van der Waals surface area (Å²) in [4.78, 5) is 10.4. The summed E-state index contributed by atoms with van der Waals surface area (Å²) in [5, 5.41) is -0.214. The average Bonchev–Trinajstić information content (AvgIpc) is 2.17. The van der Waals surface area contributed by atoms with Gasteiger partial charge in [0.2, 0.25) is 5.91 Å². The molecule has 1 amide bonds. The highest BCUT2D eigenvalue weighted by atomic mass is 35.5. The fourth-order valence-corrected chi connectivity index (χ4v) is 1.23. The lowest BCUT2D eigenvalue weighted by Crippen LogP contribution is -2.17. The monoisotopic (exact) mass is 265 g/mol. The molecule has 1 aromatic rings. The number of carbonyl (C=O) groups excluding carboxylic acids is 1. The van der Waals surface area contributed by atoms with Gasteiger partial charge in [-0.3, -0.25) is 4.79 Å². The number of nitrogens with two attached hydrogens (primary N) is 1. The Morgan fingerprint density at radius 2 is 2.06 bits per heavy atom. The average molecular weight is 266 g/mol. The molecular weight excluding hydrogens is 259 g/mol. The van der Waals surface area contributed by atoms with Crippen molar-refractivity contribution >= 4 is 23.6 Å². The fraction of sp³-hybridized carbons (Fsp3) is 0.100. The summed E-state index contributed by atoms with van der Waals surface area (Å²) in [6.07, 6.45) is -2.41. The molecule has 17 heavy (non-hydrogen) atoms. The number of alkyl halides is 3. The SMILES string of the molecule is NC(=O)C=Cc1ccc(OC(F)(F)F)c(Cl)c1. The van der Waals surface area contributed by atoms with Gasteiger partial charge >= 0.3 is 6.36 Å². The van der Waals surface area contributed by atoms with Gasteiger partial charge < -0.3 is 10.5 Å². The molecule has 0 heterocycles. The molecule has 0 saturated heterocycles. The molecule has 0 aromatic heterocycles. The minimum Gasteiger partial charge on any atom is -0.404 e. The summed E-state index contributed by atoms with van der Waals surface area (Å²) in [5.41, 5.74) is 5.29. The maximum Gasteiger partial charge on any atom is 0.573 e. The number of rotatable bonds is 3. The van der Waals surface area contributed by atoms with E-state index in [2.05, 4.69) is 4.74 Å². The summed E-state index contributed by atoms with van der Waals surface area (Å²) in [6, 6.07) is 3.59. The first kappa shape index (κ1) is 13.4. The highest BCUT2D eigenvalue weighted by molar-refractivity contribution is 6.32. The molecule has 0 radical (unpaired) electrons. The summed E-state index contributed by atoms with van der Waals surface area (Å²) < 4.78 is 39.4. The molecule has 0 atom stereocenters. The van der Waals surface area contributed by atoms with Crippen molar-refractivity contribution in [1.29, 1.82) is 0 Å². The van der Waals surface area contributed by atoms with E-state index < -0.39 is 18.0 Å². The van der Waals surface area contributed by atoms with Crippen molar-refractivity contribution in [2.24, 2.45) is 5.73 Å². The van der Waals surface area contributed by atoms with Crippen LogP contribution >= 0.6 is 11.6 Å². The number of amides is 1. The predicted molar refractivity (Wildman–Crippen MR) is 56.4 cm³/mol. The Balaban J connectivity index is 2.90. The highest BCUT2D eigenvalue weighted by Crippen LogP contribution is 2.30. The molecule has 0 unspecified atom stereocenters. The Kier molecular flexibility index (Phi) is 4.01. The van der Waals surface area contributed by atoms with Gasteiger partial charge in [0.05, 0.1) is 5.02 Å². The second kappa shape index (κ2) is 5.09. The zero-order chi connectivity index (χ0) is 13.1. The Morgan fingerprint density at radius 3 is 2.53 bits per heavy atom. The van der Waals surface area contributed by atoms with Crippen LogP contribution in [0.1, 0.15) is 5.56 Å². The van der Waals surface area contributed by atoms with Gasteiger partial charge in [0.25, 0.3) is 0 Å². The van der Waals surface area contributed by atoms with Crippen molar-refractivity contribution in [3.05, 3.63) is 34.9 Å². The van der Waals surface area contributed by atoms with Crippen LogP contribution in [-0.2, 0) is 4.79 Å². The number of benzene rings is 1. The molecule has 0 aliphatic heterocycles. The second-order valence-corrected chi connectivity index (χ2v) is 3.38. The topological polar surface area (TPSA) is 52.3 Å². The van der Waals surface area contributed by atoms with Crippen molar-refractivity contribution in [2.45, 2.75) is 6.36 Å². The lowest BCUT2D eigenvalue weighted by Gasteiger charge is -2.10. The molecular formula is C10H7ClF3NO2. The Hall–Kier alpha value is -1.69. The summed E-state index contributed by atoms with van der Waals surface area (Å²) in [7, 11) is 0.